The van der Waals surface area contributed by atoms with Crippen molar-refractivity contribution < 1.29 is 4.79 Å². The van der Waals surface area contributed by atoms with Gasteiger partial charge in [-0.2, -0.15) is 0 Å². The highest BCUT2D eigenvalue weighted by molar-refractivity contribution is 5.78. The van der Waals surface area contributed by atoms with Crippen LogP contribution in [0.1, 0.15) is 34.7 Å². The molecule has 3 aromatic carbocycles. The van der Waals surface area contributed by atoms with E-state index in [-0.39, 0.29) is 18.0 Å². The predicted octanol–water partition coefficient (Wildman–Crippen LogP) is 4.06. The molecule has 0 aliphatic carbocycles. The Labute approximate surface area is 185 Å². The minimum absolute atomic E-state index is 0.00860. The zero-order valence-electron chi connectivity index (χ0n) is 18.1. The maximum absolute atomic E-state index is 12.7. The molecule has 160 valence electrons. The topological polar surface area (TPSA) is 44.4 Å². The molecule has 4 nitrogen and oxygen atoms in total. The summed E-state index contributed by atoms with van der Waals surface area (Å²) < 4.78 is 0. The highest BCUT2D eigenvalue weighted by Crippen LogP contribution is 2.22. The van der Waals surface area contributed by atoms with Gasteiger partial charge in [0.2, 0.25) is 5.91 Å². The van der Waals surface area contributed by atoms with Crippen molar-refractivity contribution in [2.45, 2.75) is 32.0 Å². The van der Waals surface area contributed by atoms with Gasteiger partial charge in [-0.3, -0.25) is 15.0 Å². The van der Waals surface area contributed by atoms with E-state index in [2.05, 4.69) is 83.1 Å². The van der Waals surface area contributed by atoms with E-state index in [0.29, 0.717) is 6.54 Å². The van der Waals surface area contributed by atoms with Crippen molar-refractivity contribution >= 4 is 5.91 Å². The predicted molar refractivity (Wildman–Crippen MR) is 126 cm³/mol. The van der Waals surface area contributed by atoms with Crippen LogP contribution in [0.2, 0.25) is 0 Å². The summed E-state index contributed by atoms with van der Waals surface area (Å²) in [4.78, 5) is 15.1. The van der Waals surface area contributed by atoms with Gasteiger partial charge in [0.25, 0.3) is 0 Å². The fourth-order valence-electron chi connectivity index (χ4n) is 4.24. The second-order valence-corrected chi connectivity index (χ2v) is 8.41. The lowest BCUT2D eigenvalue weighted by molar-refractivity contribution is -0.120. The average Bonchev–Trinajstić information content (AvgIpc) is 3.23. The Hall–Kier alpha value is -2.95. The van der Waals surface area contributed by atoms with Crippen LogP contribution in [0.3, 0.4) is 0 Å². The number of carbonyl (C=O) groups is 1. The van der Waals surface area contributed by atoms with E-state index in [1.807, 2.05) is 24.3 Å². The zero-order valence-corrected chi connectivity index (χ0v) is 18.1. The molecule has 0 saturated carbocycles. The number of rotatable bonds is 8. The van der Waals surface area contributed by atoms with E-state index in [9.17, 15) is 4.79 Å². The van der Waals surface area contributed by atoms with Crippen molar-refractivity contribution in [3.8, 4) is 0 Å². The number of hydrogen-bond donors (Lipinski definition) is 2. The zero-order chi connectivity index (χ0) is 21.5. The van der Waals surface area contributed by atoms with E-state index in [4.69, 9.17) is 0 Å². The summed E-state index contributed by atoms with van der Waals surface area (Å²) in [7, 11) is 0. The van der Waals surface area contributed by atoms with Gasteiger partial charge in [0.15, 0.2) is 0 Å². The summed E-state index contributed by atoms with van der Waals surface area (Å²) in [6.07, 6.45) is 0.999. The van der Waals surface area contributed by atoms with Crippen molar-refractivity contribution in [2.24, 2.45) is 0 Å². The van der Waals surface area contributed by atoms with Gasteiger partial charge < -0.3 is 5.32 Å². The van der Waals surface area contributed by atoms with Crippen LogP contribution in [0.4, 0.5) is 0 Å². The molecular formula is C27H31N3O. The second-order valence-electron chi connectivity index (χ2n) is 8.41. The van der Waals surface area contributed by atoms with Crippen molar-refractivity contribution in [3.63, 3.8) is 0 Å². The van der Waals surface area contributed by atoms with Crippen LogP contribution >= 0.6 is 0 Å². The summed E-state index contributed by atoms with van der Waals surface area (Å²) in [5.74, 6) is 0.0552. The Morgan fingerprint density at radius 2 is 1.58 bits per heavy atom. The fraction of sp³-hybridized carbons (Fsp3) is 0.296. The van der Waals surface area contributed by atoms with Gasteiger partial charge in [0.1, 0.15) is 0 Å². The van der Waals surface area contributed by atoms with Crippen LogP contribution < -0.4 is 10.6 Å². The standard InChI is InChI=1S/C27H31N3O/c1-21-12-14-24(15-13-21)27(23-10-6-3-7-11-23)28-18-26(31)29-25-16-17-30(20-25)19-22-8-4-2-5-9-22/h2-15,25,27-28H,16-20H2,1H3,(H,29,31)/t25-,27-/m0/s1. The first-order chi connectivity index (χ1) is 15.2. The Balaban J connectivity index is 1.31. The van der Waals surface area contributed by atoms with Gasteiger partial charge in [-0.15, -0.1) is 0 Å². The quantitative estimate of drug-likeness (QED) is 0.585. The average molecular weight is 414 g/mol. The third-order valence-electron chi connectivity index (χ3n) is 5.90. The maximum atomic E-state index is 12.7. The molecule has 31 heavy (non-hydrogen) atoms. The molecule has 0 aromatic heterocycles. The highest BCUT2D eigenvalue weighted by atomic mass is 16.2. The van der Waals surface area contributed by atoms with Gasteiger partial charge >= 0.3 is 0 Å². The number of aryl methyl sites for hydroxylation is 1. The molecule has 4 rings (SSSR count). The lowest BCUT2D eigenvalue weighted by Gasteiger charge is -2.21. The summed E-state index contributed by atoms with van der Waals surface area (Å²) in [6, 6.07) is 29.5. The molecule has 1 aliphatic rings. The number of amides is 1. The third-order valence-corrected chi connectivity index (χ3v) is 5.90. The van der Waals surface area contributed by atoms with Gasteiger partial charge in [-0.05, 0) is 30.0 Å². The Morgan fingerprint density at radius 3 is 2.29 bits per heavy atom. The fourth-order valence-corrected chi connectivity index (χ4v) is 4.24. The largest absolute Gasteiger partial charge is 0.351 e. The van der Waals surface area contributed by atoms with Crippen molar-refractivity contribution in [1.82, 2.24) is 15.5 Å². The molecule has 0 unspecified atom stereocenters. The van der Waals surface area contributed by atoms with Crippen LogP contribution in [0.25, 0.3) is 0 Å². The molecule has 1 amide bonds. The molecule has 1 saturated heterocycles. The molecule has 3 aromatic rings. The molecule has 0 spiro atoms. The number of nitrogens with zero attached hydrogens (tertiary/aromatic N) is 1. The maximum Gasteiger partial charge on any atom is 0.234 e. The van der Waals surface area contributed by atoms with E-state index < -0.39 is 0 Å². The second kappa shape index (κ2) is 10.4. The normalized spacial score (nSPS) is 17.4. The molecule has 0 bridgehead atoms. The van der Waals surface area contributed by atoms with Crippen molar-refractivity contribution in [1.29, 1.82) is 0 Å². The first-order valence-corrected chi connectivity index (χ1v) is 11.1. The van der Waals surface area contributed by atoms with Gasteiger partial charge in [-0.1, -0.05) is 90.5 Å². The highest BCUT2D eigenvalue weighted by Gasteiger charge is 2.24. The summed E-state index contributed by atoms with van der Waals surface area (Å²) in [6.45, 7) is 5.24. The Morgan fingerprint density at radius 1 is 0.935 bits per heavy atom. The molecule has 2 N–H and O–H groups in total. The lowest BCUT2D eigenvalue weighted by Crippen LogP contribution is -2.42. The number of hydrogen-bond acceptors (Lipinski definition) is 3. The van der Waals surface area contributed by atoms with Gasteiger partial charge in [-0.25, -0.2) is 0 Å². The minimum Gasteiger partial charge on any atom is -0.351 e. The van der Waals surface area contributed by atoms with Gasteiger partial charge in [0, 0.05) is 25.7 Å². The monoisotopic (exact) mass is 413 g/mol. The smallest absolute Gasteiger partial charge is 0.234 e. The lowest BCUT2D eigenvalue weighted by atomic mass is 9.98. The molecule has 4 heteroatoms. The van der Waals surface area contributed by atoms with Crippen molar-refractivity contribution in [3.05, 3.63) is 107 Å². The van der Waals surface area contributed by atoms with E-state index in [0.717, 1.165) is 31.6 Å². The van der Waals surface area contributed by atoms with Gasteiger partial charge in [0.05, 0.1) is 12.6 Å². The Bertz CT molecular complexity index is 957. The number of carbonyl (C=O) groups excluding carboxylic acids is 1. The summed E-state index contributed by atoms with van der Waals surface area (Å²) in [5, 5.41) is 6.69. The Kier molecular flexibility index (Phi) is 7.13. The van der Waals surface area contributed by atoms with E-state index >= 15 is 0 Å². The molecule has 0 radical (unpaired) electrons. The van der Waals surface area contributed by atoms with Crippen LogP contribution in [0.5, 0.6) is 0 Å². The third kappa shape index (κ3) is 6.03. The van der Waals surface area contributed by atoms with Crippen LogP contribution in [-0.2, 0) is 11.3 Å². The van der Waals surface area contributed by atoms with Crippen LogP contribution in [0.15, 0.2) is 84.9 Å². The number of likely N-dealkylation sites (tertiary alicyclic amines) is 1. The minimum atomic E-state index is -0.00860. The molecular weight excluding hydrogens is 382 g/mol. The molecule has 1 fully saturated rings. The van der Waals surface area contributed by atoms with Crippen molar-refractivity contribution in [2.75, 3.05) is 19.6 Å². The summed E-state index contributed by atoms with van der Waals surface area (Å²) in [5.41, 5.74) is 4.88. The number of nitrogens with one attached hydrogen (secondary N) is 2. The first-order valence-electron chi connectivity index (χ1n) is 11.1. The van der Waals surface area contributed by atoms with E-state index in [1.54, 1.807) is 0 Å². The SMILES string of the molecule is Cc1ccc([C@@H](NCC(=O)N[C@H]2CCN(Cc3ccccc3)C2)c2ccccc2)cc1. The van der Waals surface area contributed by atoms with E-state index in [1.165, 1.54) is 16.7 Å². The molecule has 1 heterocycles. The number of benzene rings is 3. The first kappa shape index (κ1) is 21.3. The van der Waals surface area contributed by atoms with Crippen LogP contribution in [0, 0.1) is 6.92 Å². The molecule has 1 aliphatic heterocycles. The molecule has 2 atom stereocenters. The van der Waals surface area contributed by atoms with Crippen LogP contribution in [-0.4, -0.2) is 36.5 Å². The summed E-state index contributed by atoms with van der Waals surface area (Å²) >= 11 is 0.